The van der Waals surface area contributed by atoms with E-state index in [0.29, 0.717) is 5.25 Å². The fourth-order valence-corrected chi connectivity index (χ4v) is 4.60. The standard InChI is InChI=1S/C23H24N2S/c1-3-11-20-22(18-14-9-6-10-15-18)24-23-25(20)21(16-19(4-2)26-23)17-12-7-5-8-13-17/h5-10,12-16,19H,3-4,11H2,1-2H3. The zero-order chi connectivity index (χ0) is 17.9. The average molecular weight is 361 g/mol. The first-order valence-corrected chi connectivity index (χ1v) is 10.3. The summed E-state index contributed by atoms with van der Waals surface area (Å²) in [5, 5.41) is 1.60. The molecule has 0 spiro atoms. The maximum Gasteiger partial charge on any atom is 0.174 e. The molecule has 0 N–H and O–H groups in total. The number of nitrogens with zero attached hydrogens (tertiary/aromatic N) is 2. The van der Waals surface area contributed by atoms with Gasteiger partial charge in [-0.25, -0.2) is 4.98 Å². The van der Waals surface area contributed by atoms with E-state index >= 15 is 0 Å². The Morgan fingerprint density at radius 2 is 1.58 bits per heavy atom. The molecule has 132 valence electrons. The predicted octanol–water partition coefficient (Wildman–Crippen LogP) is 6.28. The van der Waals surface area contributed by atoms with Gasteiger partial charge in [-0.3, -0.25) is 4.57 Å². The lowest BCUT2D eigenvalue weighted by molar-refractivity contribution is 0.794. The summed E-state index contributed by atoms with van der Waals surface area (Å²) >= 11 is 1.89. The Morgan fingerprint density at radius 1 is 0.923 bits per heavy atom. The van der Waals surface area contributed by atoms with Crippen molar-refractivity contribution in [1.82, 2.24) is 9.55 Å². The van der Waals surface area contributed by atoms with Crippen LogP contribution in [-0.4, -0.2) is 14.8 Å². The second-order valence-electron chi connectivity index (χ2n) is 6.62. The van der Waals surface area contributed by atoms with Crippen LogP contribution < -0.4 is 0 Å². The largest absolute Gasteiger partial charge is 0.291 e. The van der Waals surface area contributed by atoms with Crippen LogP contribution in [0.4, 0.5) is 0 Å². The van der Waals surface area contributed by atoms with E-state index in [1.54, 1.807) is 0 Å². The first kappa shape index (κ1) is 17.2. The zero-order valence-corrected chi connectivity index (χ0v) is 16.2. The van der Waals surface area contributed by atoms with Crippen LogP contribution in [0.5, 0.6) is 0 Å². The van der Waals surface area contributed by atoms with Crippen molar-refractivity contribution in [1.29, 1.82) is 0 Å². The monoisotopic (exact) mass is 360 g/mol. The third-order valence-corrected chi connectivity index (χ3v) is 6.05. The molecule has 0 amide bonds. The van der Waals surface area contributed by atoms with Gasteiger partial charge in [-0.2, -0.15) is 0 Å². The lowest BCUT2D eigenvalue weighted by Crippen LogP contribution is -2.14. The first-order chi connectivity index (χ1) is 12.8. The fourth-order valence-electron chi connectivity index (χ4n) is 3.51. The van der Waals surface area contributed by atoms with Gasteiger partial charge in [-0.15, -0.1) is 0 Å². The van der Waals surface area contributed by atoms with Gasteiger partial charge in [-0.1, -0.05) is 92.7 Å². The van der Waals surface area contributed by atoms with Gasteiger partial charge in [0.05, 0.1) is 17.1 Å². The quantitative estimate of drug-likeness (QED) is 0.533. The van der Waals surface area contributed by atoms with Crippen molar-refractivity contribution in [3.63, 3.8) is 0 Å². The maximum atomic E-state index is 5.10. The molecular weight excluding hydrogens is 336 g/mol. The van der Waals surface area contributed by atoms with E-state index < -0.39 is 0 Å². The third kappa shape index (κ3) is 3.12. The van der Waals surface area contributed by atoms with E-state index in [-0.39, 0.29) is 0 Å². The molecule has 0 aliphatic carbocycles. The van der Waals surface area contributed by atoms with Gasteiger partial charge >= 0.3 is 0 Å². The summed E-state index contributed by atoms with van der Waals surface area (Å²) in [6.07, 6.45) is 5.66. The van der Waals surface area contributed by atoms with Crippen molar-refractivity contribution in [2.75, 3.05) is 0 Å². The number of fused-ring (bicyclic) bond motifs is 1. The molecule has 2 nitrogen and oxygen atoms in total. The normalized spacial score (nSPS) is 16.2. The third-order valence-electron chi connectivity index (χ3n) is 4.79. The fraction of sp³-hybridized carbons (Fsp3) is 0.261. The molecule has 26 heavy (non-hydrogen) atoms. The minimum absolute atomic E-state index is 0.471. The van der Waals surface area contributed by atoms with E-state index in [0.717, 1.165) is 30.1 Å². The van der Waals surface area contributed by atoms with Crippen molar-refractivity contribution < 1.29 is 0 Å². The maximum absolute atomic E-state index is 5.10. The van der Waals surface area contributed by atoms with Crippen LogP contribution in [-0.2, 0) is 6.42 Å². The topological polar surface area (TPSA) is 17.8 Å². The van der Waals surface area contributed by atoms with E-state index in [1.165, 1.54) is 22.5 Å². The average Bonchev–Trinajstić information content (AvgIpc) is 3.07. The highest BCUT2D eigenvalue weighted by Gasteiger charge is 2.27. The van der Waals surface area contributed by atoms with Crippen LogP contribution in [0.15, 0.2) is 71.9 Å². The number of benzene rings is 2. The summed E-state index contributed by atoms with van der Waals surface area (Å²) in [4.78, 5) is 5.10. The van der Waals surface area contributed by atoms with Gasteiger partial charge in [0.25, 0.3) is 0 Å². The van der Waals surface area contributed by atoms with Crippen LogP contribution >= 0.6 is 11.8 Å². The van der Waals surface area contributed by atoms with Crippen molar-refractivity contribution in [3.8, 4) is 11.3 Å². The van der Waals surface area contributed by atoms with Crippen molar-refractivity contribution in [2.24, 2.45) is 0 Å². The Balaban J connectivity index is 1.92. The Morgan fingerprint density at radius 3 is 2.19 bits per heavy atom. The molecule has 1 unspecified atom stereocenters. The number of hydrogen-bond donors (Lipinski definition) is 0. The summed E-state index contributed by atoms with van der Waals surface area (Å²) in [7, 11) is 0. The van der Waals surface area contributed by atoms with Gasteiger partial charge < -0.3 is 0 Å². The van der Waals surface area contributed by atoms with Crippen molar-refractivity contribution >= 4 is 17.5 Å². The molecule has 1 aliphatic rings. The molecule has 0 saturated carbocycles. The molecule has 0 bridgehead atoms. The van der Waals surface area contributed by atoms with E-state index in [2.05, 4.69) is 85.2 Å². The highest BCUT2D eigenvalue weighted by molar-refractivity contribution is 8.00. The molecule has 0 radical (unpaired) electrons. The van der Waals surface area contributed by atoms with E-state index in [1.807, 2.05) is 11.8 Å². The van der Waals surface area contributed by atoms with Crippen molar-refractivity contribution in [2.45, 2.75) is 43.5 Å². The summed E-state index contributed by atoms with van der Waals surface area (Å²) in [5.74, 6) is 0. The Labute approximate surface area is 160 Å². The molecule has 3 aromatic rings. The highest BCUT2D eigenvalue weighted by Crippen LogP contribution is 2.40. The van der Waals surface area contributed by atoms with Gasteiger partial charge in [0, 0.05) is 10.8 Å². The lowest BCUT2D eigenvalue weighted by atomic mass is 10.1. The molecule has 1 aliphatic heterocycles. The van der Waals surface area contributed by atoms with Gasteiger partial charge in [0.15, 0.2) is 5.16 Å². The van der Waals surface area contributed by atoms with Crippen molar-refractivity contribution in [3.05, 3.63) is 78.0 Å². The number of imidazole rings is 1. The lowest BCUT2D eigenvalue weighted by Gasteiger charge is -2.24. The molecule has 3 heteroatoms. The summed E-state index contributed by atoms with van der Waals surface area (Å²) < 4.78 is 2.40. The number of aromatic nitrogens is 2. The molecule has 0 fully saturated rings. The SMILES string of the molecule is CCCc1c(-c2ccccc2)nc2n1C(c1ccccc1)=CC(CC)S2. The first-order valence-electron chi connectivity index (χ1n) is 9.43. The Kier molecular flexibility index (Phi) is 4.98. The van der Waals surface area contributed by atoms with Gasteiger partial charge in [-0.05, 0) is 24.5 Å². The molecule has 1 atom stereocenters. The smallest absolute Gasteiger partial charge is 0.174 e. The van der Waals surface area contributed by atoms with Gasteiger partial charge in [0.1, 0.15) is 0 Å². The summed E-state index contributed by atoms with van der Waals surface area (Å²) in [6, 6.07) is 21.3. The zero-order valence-electron chi connectivity index (χ0n) is 15.4. The van der Waals surface area contributed by atoms with E-state index in [9.17, 15) is 0 Å². The molecular formula is C23H24N2S. The van der Waals surface area contributed by atoms with Crippen LogP contribution in [0.2, 0.25) is 0 Å². The van der Waals surface area contributed by atoms with Crippen LogP contribution in [0.1, 0.15) is 37.9 Å². The summed E-state index contributed by atoms with van der Waals surface area (Å²) in [6.45, 7) is 4.49. The molecule has 1 aromatic heterocycles. The molecule has 0 saturated heterocycles. The minimum atomic E-state index is 0.471. The number of rotatable bonds is 5. The van der Waals surface area contributed by atoms with E-state index in [4.69, 9.17) is 4.98 Å². The second-order valence-corrected chi connectivity index (χ2v) is 7.83. The molecule has 4 rings (SSSR count). The highest BCUT2D eigenvalue weighted by atomic mass is 32.2. The van der Waals surface area contributed by atoms with Gasteiger partial charge in [0.2, 0.25) is 0 Å². The number of hydrogen-bond acceptors (Lipinski definition) is 2. The number of thioether (sulfide) groups is 1. The summed E-state index contributed by atoms with van der Waals surface area (Å²) in [5.41, 5.74) is 6.21. The molecule has 2 aromatic carbocycles. The Bertz CT molecular complexity index is 910. The minimum Gasteiger partial charge on any atom is -0.291 e. The Hall–Kier alpha value is -2.26. The van der Waals surface area contributed by atoms with Crippen LogP contribution in [0.25, 0.3) is 17.0 Å². The molecule has 2 heterocycles. The van der Waals surface area contributed by atoms with Crippen LogP contribution in [0.3, 0.4) is 0 Å². The van der Waals surface area contributed by atoms with Crippen LogP contribution in [0, 0.1) is 0 Å². The predicted molar refractivity (Wildman–Crippen MR) is 111 cm³/mol. The second kappa shape index (κ2) is 7.55.